The molecule has 4 rings (SSSR count). The molecule has 3 aromatic heterocycles. The first-order valence-corrected chi connectivity index (χ1v) is 7.31. The molecule has 6 heteroatoms. The topological polar surface area (TPSA) is 86.5 Å². The van der Waals surface area contributed by atoms with E-state index in [4.69, 9.17) is 0 Å². The normalized spacial score (nSPS) is 11.2. The number of aryl methyl sites for hydroxylation is 2. The van der Waals surface area contributed by atoms with Crippen molar-refractivity contribution in [1.29, 1.82) is 0 Å². The van der Waals surface area contributed by atoms with Crippen molar-refractivity contribution in [1.82, 2.24) is 20.2 Å². The van der Waals surface area contributed by atoms with Crippen LogP contribution in [-0.2, 0) is 0 Å². The SMILES string of the molecule is Cc1ccc2cc(C(=O)Nc3cnc4n[nH]c(C)c4c3)[nH]c2c1. The number of hydrogen-bond acceptors (Lipinski definition) is 3. The summed E-state index contributed by atoms with van der Waals surface area (Å²) < 4.78 is 0. The largest absolute Gasteiger partial charge is 0.351 e. The molecular weight excluding hydrogens is 290 g/mol. The van der Waals surface area contributed by atoms with Gasteiger partial charge in [0, 0.05) is 22.0 Å². The molecule has 23 heavy (non-hydrogen) atoms. The van der Waals surface area contributed by atoms with Crippen molar-refractivity contribution in [2.24, 2.45) is 0 Å². The molecule has 0 radical (unpaired) electrons. The van der Waals surface area contributed by atoms with E-state index >= 15 is 0 Å². The maximum atomic E-state index is 12.4. The quantitative estimate of drug-likeness (QED) is 0.531. The van der Waals surface area contributed by atoms with Crippen LogP contribution in [0.25, 0.3) is 21.9 Å². The maximum Gasteiger partial charge on any atom is 0.272 e. The van der Waals surface area contributed by atoms with Gasteiger partial charge in [-0.2, -0.15) is 5.10 Å². The van der Waals surface area contributed by atoms with Crippen LogP contribution in [0.1, 0.15) is 21.7 Å². The van der Waals surface area contributed by atoms with E-state index < -0.39 is 0 Å². The Morgan fingerprint density at radius 3 is 2.91 bits per heavy atom. The molecule has 4 aromatic rings. The van der Waals surface area contributed by atoms with Crippen molar-refractivity contribution in [3.8, 4) is 0 Å². The average Bonchev–Trinajstić information content (AvgIpc) is 3.11. The minimum Gasteiger partial charge on any atom is -0.351 e. The van der Waals surface area contributed by atoms with Gasteiger partial charge in [-0.25, -0.2) is 4.98 Å². The van der Waals surface area contributed by atoms with Gasteiger partial charge >= 0.3 is 0 Å². The Morgan fingerprint density at radius 2 is 2.04 bits per heavy atom. The second-order valence-electron chi connectivity index (χ2n) is 5.67. The van der Waals surface area contributed by atoms with Crippen LogP contribution in [0.2, 0.25) is 0 Å². The fourth-order valence-corrected chi connectivity index (χ4v) is 2.65. The molecule has 0 bridgehead atoms. The number of rotatable bonds is 2. The van der Waals surface area contributed by atoms with Gasteiger partial charge in [-0.05, 0) is 37.6 Å². The van der Waals surface area contributed by atoms with Gasteiger partial charge < -0.3 is 10.3 Å². The lowest BCUT2D eigenvalue weighted by Crippen LogP contribution is -2.12. The van der Waals surface area contributed by atoms with Crippen molar-refractivity contribution in [2.45, 2.75) is 13.8 Å². The Labute approximate surface area is 131 Å². The lowest BCUT2D eigenvalue weighted by molar-refractivity contribution is 0.102. The number of hydrogen-bond donors (Lipinski definition) is 3. The number of nitrogens with one attached hydrogen (secondary N) is 3. The molecule has 0 saturated carbocycles. The van der Waals surface area contributed by atoms with Gasteiger partial charge in [-0.3, -0.25) is 9.89 Å². The summed E-state index contributed by atoms with van der Waals surface area (Å²) in [6.07, 6.45) is 1.60. The fraction of sp³-hybridized carbons (Fsp3) is 0.118. The molecule has 0 spiro atoms. The van der Waals surface area contributed by atoms with Crippen molar-refractivity contribution in [3.05, 3.63) is 53.5 Å². The van der Waals surface area contributed by atoms with Gasteiger partial charge in [0.05, 0.1) is 11.9 Å². The summed E-state index contributed by atoms with van der Waals surface area (Å²) in [5.41, 5.74) is 4.83. The van der Waals surface area contributed by atoms with E-state index in [9.17, 15) is 4.79 Å². The Balaban J connectivity index is 1.65. The molecule has 0 fully saturated rings. The van der Waals surface area contributed by atoms with Crippen LogP contribution in [0.4, 0.5) is 5.69 Å². The summed E-state index contributed by atoms with van der Waals surface area (Å²) >= 11 is 0. The smallest absolute Gasteiger partial charge is 0.272 e. The van der Waals surface area contributed by atoms with Crippen LogP contribution in [0.15, 0.2) is 36.5 Å². The number of H-pyrrole nitrogens is 2. The molecule has 0 unspecified atom stereocenters. The minimum atomic E-state index is -0.193. The lowest BCUT2D eigenvalue weighted by Gasteiger charge is -2.03. The molecule has 0 saturated heterocycles. The molecule has 6 nitrogen and oxygen atoms in total. The Kier molecular flexibility index (Phi) is 2.90. The Hall–Kier alpha value is -3.15. The summed E-state index contributed by atoms with van der Waals surface area (Å²) in [6, 6.07) is 9.76. The van der Waals surface area contributed by atoms with Crippen LogP contribution in [0.5, 0.6) is 0 Å². The molecular formula is C17H15N5O. The summed E-state index contributed by atoms with van der Waals surface area (Å²) in [4.78, 5) is 19.8. The third-order valence-corrected chi connectivity index (χ3v) is 3.88. The van der Waals surface area contributed by atoms with Gasteiger partial charge in [0.2, 0.25) is 0 Å². The number of aromatic nitrogens is 4. The highest BCUT2D eigenvalue weighted by Crippen LogP contribution is 2.20. The first-order valence-electron chi connectivity index (χ1n) is 7.31. The maximum absolute atomic E-state index is 12.4. The van der Waals surface area contributed by atoms with Gasteiger partial charge in [-0.1, -0.05) is 12.1 Å². The zero-order valence-electron chi connectivity index (χ0n) is 12.8. The molecule has 0 aliphatic rings. The molecule has 3 heterocycles. The molecule has 1 amide bonds. The molecule has 3 N–H and O–H groups in total. The predicted octanol–water partition coefficient (Wildman–Crippen LogP) is 3.31. The zero-order valence-corrected chi connectivity index (χ0v) is 12.8. The van der Waals surface area contributed by atoms with Crippen LogP contribution in [0.3, 0.4) is 0 Å². The summed E-state index contributed by atoms with van der Waals surface area (Å²) in [5.74, 6) is -0.193. The van der Waals surface area contributed by atoms with Crippen molar-refractivity contribution in [3.63, 3.8) is 0 Å². The number of pyridine rings is 1. The standard InChI is InChI=1S/C17H15N5O/c1-9-3-4-11-6-15(20-14(11)5-9)17(23)19-12-7-13-10(2)21-22-16(13)18-8-12/h3-8,20H,1-2H3,(H,19,23)(H,18,21,22). The van der Waals surface area contributed by atoms with Crippen molar-refractivity contribution < 1.29 is 4.79 Å². The molecule has 0 atom stereocenters. The number of carbonyl (C=O) groups excluding carboxylic acids is 1. The summed E-state index contributed by atoms with van der Waals surface area (Å²) in [5, 5.41) is 11.7. The number of benzene rings is 1. The molecule has 114 valence electrons. The Morgan fingerprint density at radius 1 is 1.17 bits per heavy atom. The first kappa shape index (κ1) is 13.5. The number of amides is 1. The minimum absolute atomic E-state index is 0.193. The second-order valence-corrected chi connectivity index (χ2v) is 5.67. The third-order valence-electron chi connectivity index (χ3n) is 3.88. The number of anilines is 1. The van der Waals surface area contributed by atoms with E-state index in [1.165, 1.54) is 0 Å². The predicted molar refractivity (Wildman–Crippen MR) is 89.6 cm³/mol. The lowest BCUT2D eigenvalue weighted by atomic mass is 10.2. The van der Waals surface area contributed by atoms with E-state index in [0.29, 0.717) is 17.0 Å². The molecule has 1 aromatic carbocycles. The first-order chi connectivity index (χ1) is 11.1. The van der Waals surface area contributed by atoms with Gasteiger partial charge in [0.25, 0.3) is 5.91 Å². The van der Waals surface area contributed by atoms with E-state index in [2.05, 4.69) is 25.5 Å². The monoisotopic (exact) mass is 305 g/mol. The number of nitrogens with zero attached hydrogens (tertiary/aromatic N) is 2. The highest BCUT2D eigenvalue weighted by molar-refractivity contribution is 6.06. The van der Waals surface area contributed by atoms with Crippen molar-refractivity contribution in [2.75, 3.05) is 5.32 Å². The number of fused-ring (bicyclic) bond motifs is 2. The zero-order chi connectivity index (χ0) is 16.0. The van der Waals surface area contributed by atoms with Gasteiger partial charge in [0.1, 0.15) is 5.69 Å². The summed E-state index contributed by atoms with van der Waals surface area (Å²) in [6.45, 7) is 3.94. The van der Waals surface area contributed by atoms with Crippen LogP contribution >= 0.6 is 0 Å². The fourth-order valence-electron chi connectivity index (χ4n) is 2.65. The van der Waals surface area contributed by atoms with E-state index in [-0.39, 0.29) is 5.91 Å². The van der Waals surface area contributed by atoms with Gasteiger partial charge in [0.15, 0.2) is 5.65 Å². The highest BCUT2D eigenvalue weighted by atomic mass is 16.1. The molecule has 0 aliphatic heterocycles. The van der Waals surface area contributed by atoms with Crippen molar-refractivity contribution >= 4 is 33.5 Å². The average molecular weight is 305 g/mol. The molecule has 0 aliphatic carbocycles. The number of carbonyl (C=O) groups is 1. The van der Waals surface area contributed by atoms with E-state index in [1.807, 2.05) is 44.2 Å². The third kappa shape index (κ3) is 2.34. The Bertz CT molecular complexity index is 1040. The van der Waals surface area contributed by atoms with Crippen LogP contribution < -0.4 is 5.32 Å². The van der Waals surface area contributed by atoms with E-state index in [0.717, 1.165) is 27.5 Å². The van der Waals surface area contributed by atoms with Crippen LogP contribution in [0, 0.1) is 13.8 Å². The van der Waals surface area contributed by atoms with Crippen LogP contribution in [-0.4, -0.2) is 26.1 Å². The number of aromatic amines is 2. The highest BCUT2D eigenvalue weighted by Gasteiger charge is 2.11. The van der Waals surface area contributed by atoms with Gasteiger partial charge in [-0.15, -0.1) is 0 Å². The summed E-state index contributed by atoms with van der Waals surface area (Å²) in [7, 11) is 0. The second kappa shape index (κ2) is 4.95. The van der Waals surface area contributed by atoms with E-state index in [1.54, 1.807) is 6.20 Å².